The number of alkyl halides is 3. The van der Waals surface area contributed by atoms with Gasteiger partial charge in [0.15, 0.2) is 0 Å². The van der Waals surface area contributed by atoms with E-state index in [1.54, 1.807) is 16.2 Å². The smallest absolute Gasteiger partial charge is 0.383 e. The zero-order valence-electron chi connectivity index (χ0n) is 20.4. The van der Waals surface area contributed by atoms with E-state index in [9.17, 15) is 26.4 Å². The van der Waals surface area contributed by atoms with Crippen LogP contribution in [0.2, 0.25) is 0 Å². The van der Waals surface area contributed by atoms with E-state index < -0.39 is 39.1 Å². The van der Waals surface area contributed by atoms with Crippen molar-refractivity contribution in [2.45, 2.75) is 30.5 Å². The molecule has 3 aromatic rings. The molecule has 1 aromatic heterocycles. The van der Waals surface area contributed by atoms with Crippen LogP contribution >= 0.6 is 11.3 Å². The van der Waals surface area contributed by atoms with Crippen LogP contribution in [0.4, 0.5) is 13.2 Å². The molecule has 0 saturated heterocycles. The molecule has 6 nitrogen and oxygen atoms in total. The van der Waals surface area contributed by atoms with E-state index in [0.717, 1.165) is 39.2 Å². The lowest BCUT2D eigenvalue weighted by Gasteiger charge is -2.37. The Morgan fingerprint density at radius 1 is 1.16 bits per heavy atom. The van der Waals surface area contributed by atoms with E-state index >= 15 is 0 Å². The van der Waals surface area contributed by atoms with Gasteiger partial charge in [-0.1, -0.05) is 35.9 Å². The van der Waals surface area contributed by atoms with E-state index in [4.69, 9.17) is 4.74 Å². The van der Waals surface area contributed by atoms with E-state index in [1.807, 2.05) is 42.6 Å². The molecule has 1 unspecified atom stereocenters. The summed E-state index contributed by atoms with van der Waals surface area (Å²) in [5, 5.41) is 1.98. The minimum absolute atomic E-state index is 0.0262. The van der Waals surface area contributed by atoms with Gasteiger partial charge in [-0.2, -0.15) is 17.5 Å². The monoisotopic (exact) mass is 552 g/mol. The maximum absolute atomic E-state index is 13.7. The van der Waals surface area contributed by atoms with Gasteiger partial charge in [0, 0.05) is 25.1 Å². The van der Waals surface area contributed by atoms with Gasteiger partial charge in [0.2, 0.25) is 15.9 Å². The molecule has 0 fully saturated rings. The molecular formula is C26H27F3N2O4S2. The number of amides is 1. The predicted molar refractivity (Wildman–Crippen MR) is 135 cm³/mol. The Kier molecular flexibility index (Phi) is 8.08. The molecular weight excluding hydrogens is 525 g/mol. The summed E-state index contributed by atoms with van der Waals surface area (Å²) in [6.07, 6.45) is -4.06. The molecule has 1 aliphatic heterocycles. The maximum Gasteiger partial charge on any atom is 0.416 e. The summed E-state index contributed by atoms with van der Waals surface area (Å²) in [4.78, 5) is 16.0. The fourth-order valence-corrected chi connectivity index (χ4v) is 6.72. The summed E-state index contributed by atoms with van der Waals surface area (Å²) >= 11 is 1.62. The molecule has 0 bridgehead atoms. The Hall–Kier alpha value is -2.73. The number of methoxy groups -OCH3 is 1. The Bertz CT molecular complexity index is 1350. The molecule has 1 amide bonds. The van der Waals surface area contributed by atoms with E-state index in [2.05, 4.69) is 0 Å². The van der Waals surface area contributed by atoms with Crippen molar-refractivity contribution in [2.75, 3.05) is 33.4 Å². The number of thiophene rings is 1. The quantitative estimate of drug-likeness (QED) is 0.399. The third kappa shape index (κ3) is 5.90. The molecule has 0 spiro atoms. The van der Waals surface area contributed by atoms with Crippen LogP contribution in [0.5, 0.6) is 0 Å². The first-order valence-corrected chi connectivity index (χ1v) is 13.9. The fraction of sp³-hybridized carbons (Fsp3) is 0.346. The SMILES string of the molecule is COCCN(CC(=O)N1CCc2sccc2C1c1ccc(C)cc1)S(=O)(=O)c1cccc(C(F)(F)F)c1. The highest BCUT2D eigenvalue weighted by atomic mass is 32.2. The number of halogens is 3. The Morgan fingerprint density at radius 2 is 1.89 bits per heavy atom. The highest BCUT2D eigenvalue weighted by Crippen LogP contribution is 2.38. The molecule has 11 heteroatoms. The van der Waals surface area contributed by atoms with Crippen molar-refractivity contribution in [2.24, 2.45) is 0 Å². The van der Waals surface area contributed by atoms with Gasteiger partial charge in [-0.15, -0.1) is 11.3 Å². The maximum atomic E-state index is 13.7. The predicted octanol–water partition coefficient (Wildman–Crippen LogP) is 4.89. The topological polar surface area (TPSA) is 66.9 Å². The lowest BCUT2D eigenvalue weighted by atomic mass is 9.92. The summed E-state index contributed by atoms with van der Waals surface area (Å²) < 4.78 is 72.5. The number of fused-ring (bicyclic) bond motifs is 1. The number of hydrogen-bond donors (Lipinski definition) is 0. The van der Waals surface area contributed by atoms with Crippen LogP contribution in [-0.2, 0) is 32.2 Å². The van der Waals surface area contributed by atoms with Crippen LogP contribution in [0, 0.1) is 6.92 Å². The average molecular weight is 553 g/mol. The normalized spacial score (nSPS) is 16.2. The largest absolute Gasteiger partial charge is 0.416 e. The number of ether oxygens (including phenoxy) is 1. The minimum Gasteiger partial charge on any atom is -0.383 e. The van der Waals surface area contributed by atoms with Gasteiger partial charge in [0.25, 0.3) is 0 Å². The van der Waals surface area contributed by atoms with Crippen LogP contribution in [0.1, 0.15) is 33.2 Å². The highest BCUT2D eigenvalue weighted by molar-refractivity contribution is 7.89. The van der Waals surface area contributed by atoms with Crippen LogP contribution in [0.15, 0.2) is 64.9 Å². The summed E-state index contributed by atoms with van der Waals surface area (Å²) in [5.74, 6) is -0.436. The molecule has 0 radical (unpaired) electrons. The van der Waals surface area contributed by atoms with Gasteiger partial charge in [0.1, 0.15) is 0 Å². The Morgan fingerprint density at radius 3 is 2.57 bits per heavy atom. The summed E-state index contributed by atoms with van der Waals surface area (Å²) in [5.41, 5.74) is 1.90. The van der Waals surface area contributed by atoms with Crippen molar-refractivity contribution < 1.29 is 31.1 Å². The van der Waals surface area contributed by atoms with Crippen molar-refractivity contribution >= 4 is 27.3 Å². The number of nitrogens with zero attached hydrogens (tertiary/aromatic N) is 2. The third-order valence-electron chi connectivity index (χ3n) is 6.33. The molecule has 37 heavy (non-hydrogen) atoms. The number of benzene rings is 2. The third-order valence-corrected chi connectivity index (χ3v) is 9.17. The standard InChI is InChI=1S/C26H27F3N2O4S2/c1-18-6-8-19(9-7-18)25-22-11-15-36-23(22)10-12-31(25)24(32)17-30(13-14-35-2)37(33,34)21-5-3-4-20(16-21)26(27,28)29/h3-9,11,15-16,25H,10,12-14,17H2,1-2H3. The number of carbonyl (C=O) groups is 1. The summed E-state index contributed by atoms with van der Waals surface area (Å²) in [6, 6.07) is 13.0. The number of hydrogen-bond acceptors (Lipinski definition) is 5. The van der Waals surface area contributed by atoms with Gasteiger partial charge in [-0.05, 0) is 54.1 Å². The lowest BCUT2D eigenvalue weighted by Crippen LogP contribution is -2.47. The lowest BCUT2D eigenvalue weighted by molar-refractivity contribution is -0.137. The van der Waals surface area contributed by atoms with Crippen LogP contribution < -0.4 is 0 Å². The second kappa shape index (κ2) is 10.9. The first-order valence-electron chi connectivity index (χ1n) is 11.6. The number of carbonyl (C=O) groups excluding carboxylic acids is 1. The van der Waals surface area contributed by atoms with Gasteiger partial charge < -0.3 is 9.64 Å². The van der Waals surface area contributed by atoms with E-state index in [0.29, 0.717) is 19.0 Å². The first-order chi connectivity index (χ1) is 17.5. The molecule has 2 aromatic carbocycles. The van der Waals surface area contributed by atoms with Crippen LogP contribution in [-0.4, -0.2) is 56.9 Å². The van der Waals surface area contributed by atoms with Crippen molar-refractivity contribution in [3.05, 3.63) is 87.1 Å². The van der Waals surface area contributed by atoms with E-state index in [-0.39, 0.29) is 19.2 Å². The molecule has 0 saturated carbocycles. The number of aryl methyl sites for hydroxylation is 1. The van der Waals surface area contributed by atoms with Crippen molar-refractivity contribution in [3.63, 3.8) is 0 Å². The van der Waals surface area contributed by atoms with Gasteiger partial charge in [-0.3, -0.25) is 4.79 Å². The summed E-state index contributed by atoms with van der Waals surface area (Å²) in [7, 11) is -3.04. The van der Waals surface area contributed by atoms with Gasteiger partial charge in [0.05, 0.1) is 29.7 Å². The van der Waals surface area contributed by atoms with E-state index in [1.165, 1.54) is 12.0 Å². The van der Waals surface area contributed by atoms with Crippen molar-refractivity contribution in [1.82, 2.24) is 9.21 Å². The number of rotatable bonds is 8. The Labute approximate surface area is 218 Å². The zero-order valence-corrected chi connectivity index (χ0v) is 22.0. The second-order valence-electron chi connectivity index (χ2n) is 8.81. The minimum atomic E-state index is -4.70. The molecule has 1 atom stereocenters. The molecule has 4 rings (SSSR count). The van der Waals surface area contributed by atoms with Gasteiger partial charge >= 0.3 is 6.18 Å². The number of sulfonamides is 1. The molecule has 198 valence electrons. The molecule has 0 N–H and O–H groups in total. The molecule has 0 aliphatic carbocycles. The summed E-state index contributed by atoms with van der Waals surface area (Å²) in [6.45, 7) is 1.63. The van der Waals surface area contributed by atoms with Crippen molar-refractivity contribution in [1.29, 1.82) is 0 Å². The Balaban J connectivity index is 1.66. The van der Waals surface area contributed by atoms with Crippen molar-refractivity contribution in [3.8, 4) is 0 Å². The average Bonchev–Trinajstić information content (AvgIpc) is 3.35. The zero-order chi connectivity index (χ0) is 26.8. The highest BCUT2D eigenvalue weighted by Gasteiger charge is 2.37. The van der Waals surface area contributed by atoms with Crippen LogP contribution in [0.3, 0.4) is 0 Å². The molecule has 2 heterocycles. The first kappa shape index (κ1) is 27.3. The van der Waals surface area contributed by atoms with Crippen LogP contribution in [0.25, 0.3) is 0 Å². The fourth-order valence-electron chi connectivity index (χ4n) is 4.39. The van der Waals surface area contributed by atoms with Gasteiger partial charge in [-0.25, -0.2) is 8.42 Å². The molecule has 1 aliphatic rings. The second-order valence-corrected chi connectivity index (χ2v) is 11.7.